The summed E-state index contributed by atoms with van der Waals surface area (Å²) >= 11 is 0. The van der Waals surface area contributed by atoms with Crippen molar-refractivity contribution in [3.05, 3.63) is 0 Å². The van der Waals surface area contributed by atoms with Gasteiger partial charge in [-0.1, -0.05) is 174 Å². The van der Waals surface area contributed by atoms with E-state index in [1.807, 2.05) is 0 Å². The molecule has 1 unspecified atom stereocenters. The zero-order valence-corrected chi connectivity index (χ0v) is 30.0. The summed E-state index contributed by atoms with van der Waals surface area (Å²) in [6, 6.07) is 0. The summed E-state index contributed by atoms with van der Waals surface area (Å²) in [5.74, 6) is 0. The molecule has 6 heteroatoms. The molecule has 0 bridgehead atoms. The van der Waals surface area contributed by atoms with E-state index in [9.17, 15) is 13.0 Å². The Morgan fingerprint density at radius 3 is 0.816 bits per heavy atom. The van der Waals surface area contributed by atoms with Gasteiger partial charge in [0, 0.05) is 0 Å². The molecule has 1 atom stereocenters. The second kappa shape index (κ2) is 30.0. The van der Waals surface area contributed by atoms with Crippen LogP contribution in [0.1, 0.15) is 200 Å². The zero-order valence-electron chi connectivity index (χ0n) is 26.0. The third-order valence-electron chi connectivity index (χ3n) is 8.01. The molecule has 0 aliphatic heterocycles. The molecule has 0 radical (unpaired) electrons. The number of rotatable bonds is 30. The maximum absolute atomic E-state index is 15.0. The summed E-state index contributed by atoms with van der Waals surface area (Å²) in [5, 5.41) is -2.57. The smallest absolute Gasteiger partial charge is 0.745 e. The number of hydrogen-bond donors (Lipinski definition) is 0. The first-order valence-electron chi connectivity index (χ1n) is 16.5. The van der Waals surface area contributed by atoms with Crippen LogP contribution in [-0.4, -0.2) is 18.0 Å². The van der Waals surface area contributed by atoms with Gasteiger partial charge in [0.05, 0.1) is 0 Å². The van der Waals surface area contributed by atoms with Crippen LogP contribution in [0.2, 0.25) is 0 Å². The van der Waals surface area contributed by atoms with Crippen LogP contribution >= 0.6 is 0 Å². The van der Waals surface area contributed by atoms with Gasteiger partial charge in [-0.25, -0.2) is 12.8 Å². The maximum Gasteiger partial charge on any atom is 1.00 e. The average Bonchev–Trinajstić information content (AvgIpc) is 2.86. The van der Waals surface area contributed by atoms with E-state index in [-0.39, 0.29) is 64.2 Å². The first kappa shape index (κ1) is 41.6. The van der Waals surface area contributed by atoms with Gasteiger partial charge in [0.15, 0.2) is 5.00 Å². The topological polar surface area (TPSA) is 57.2 Å². The quantitative estimate of drug-likeness (QED) is 0.0481. The maximum atomic E-state index is 15.0. The third kappa shape index (κ3) is 26.4. The number of halogens is 1. The second-order valence-electron chi connectivity index (χ2n) is 11.7. The minimum Gasteiger partial charge on any atom is -0.745 e. The van der Waals surface area contributed by atoms with E-state index >= 15 is 4.39 Å². The number of hydrogen-bond acceptors (Lipinski definition) is 3. The van der Waals surface area contributed by atoms with Crippen LogP contribution < -0.4 is 51.4 Å². The molecular formula is C32H64FKO3S. The fourth-order valence-electron chi connectivity index (χ4n) is 5.37. The molecule has 0 saturated carbocycles. The van der Waals surface area contributed by atoms with E-state index < -0.39 is 15.1 Å². The van der Waals surface area contributed by atoms with Crippen LogP contribution in [0, 0.1) is 0 Å². The van der Waals surface area contributed by atoms with Crippen molar-refractivity contribution < 1.29 is 68.7 Å². The van der Waals surface area contributed by atoms with Gasteiger partial charge in [0.2, 0.25) is 0 Å². The first-order chi connectivity index (χ1) is 17.9. The predicted molar refractivity (Wildman–Crippen MR) is 159 cm³/mol. The Bertz CT molecular complexity index is 573. The van der Waals surface area contributed by atoms with E-state index in [4.69, 9.17) is 0 Å². The third-order valence-corrected chi connectivity index (χ3v) is 9.31. The van der Waals surface area contributed by atoms with Crippen LogP contribution in [0.15, 0.2) is 0 Å². The molecule has 0 rings (SSSR count). The van der Waals surface area contributed by atoms with Gasteiger partial charge in [-0.3, -0.25) is 0 Å². The Morgan fingerprint density at radius 2 is 0.632 bits per heavy atom. The van der Waals surface area contributed by atoms with Gasteiger partial charge in [0.1, 0.15) is 10.1 Å². The standard InChI is InChI=1S/C32H65FO3S.K/c1-3-5-7-9-11-13-14-15-16-17-18-19-20-21-23-25-27-29-31-32(33,37(34,35)36)30-28-26-24-22-12-10-8-6-4-2;/h3-31H2,1-2H3,(H,34,35,36);/q;+1/p-1. The molecule has 0 N–H and O–H groups in total. The van der Waals surface area contributed by atoms with E-state index in [1.165, 1.54) is 122 Å². The van der Waals surface area contributed by atoms with Crippen molar-refractivity contribution in [1.29, 1.82) is 0 Å². The number of unbranched alkanes of at least 4 members (excludes halogenated alkanes) is 25. The first-order valence-corrected chi connectivity index (χ1v) is 17.9. The Labute approximate surface area is 281 Å². The van der Waals surface area contributed by atoms with E-state index in [2.05, 4.69) is 13.8 Å². The molecule has 0 aromatic carbocycles. The van der Waals surface area contributed by atoms with Crippen LogP contribution in [-0.2, 0) is 10.1 Å². The minimum atomic E-state index is -4.91. The monoisotopic (exact) mass is 586 g/mol. The SMILES string of the molecule is CCCCCCCCCCCCCCCCCCCCC(F)(CCCCCCCCCCC)S(=O)(=O)[O-].[K+]. The Morgan fingerprint density at radius 1 is 0.447 bits per heavy atom. The van der Waals surface area contributed by atoms with E-state index in [0.717, 1.165) is 38.5 Å². The van der Waals surface area contributed by atoms with Gasteiger partial charge in [0.25, 0.3) is 0 Å². The summed E-state index contributed by atoms with van der Waals surface area (Å²) < 4.78 is 49.8. The average molecular weight is 587 g/mol. The molecule has 0 aromatic rings. The Hall–Kier alpha value is 1.48. The van der Waals surface area contributed by atoms with Crippen molar-refractivity contribution in [3.63, 3.8) is 0 Å². The molecule has 38 heavy (non-hydrogen) atoms. The molecule has 0 fully saturated rings. The molecule has 0 amide bonds. The van der Waals surface area contributed by atoms with Crippen molar-refractivity contribution in [1.82, 2.24) is 0 Å². The van der Waals surface area contributed by atoms with Gasteiger partial charge in [-0.2, -0.15) is 0 Å². The Kier molecular flexibility index (Phi) is 32.8. The summed E-state index contributed by atoms with van der Waals surface area (Å²) in [5.41, 5.74) is 0. The fraction of sp³-hybridized carbons (Fsp3) is 1.00. The van der Waals surface area contributed by atoms with Crippen LogP contribution in [0.4, 0.5) is 4.39 Å². The van der Waals surface area contributed by atoms with Gasteiger partial charge < -0.3 is 4.55 Å². The minimum absolute atomic E-state index is 0. The summed E-state index contributed by atoms with van der Waals surface area (Å²) in [6.45, 7) is 4.47. The molecule has 0 saturated heterocycles. The van der Waals surface area contributed by atoms with Crippen molar-refractivity contribution in [2.45, 2.75) is 205 Å². The fourth-order valence-corrected chi connectivity index (χ4v) is 6.15. The molecular weight excluding hydrogens is 523 g/mol. The molecule has 0 aliphatic carbocycles. The van der Waals surface area contributed by atoms with Crippen molar-refractivity contribution in [2.24, 2.45) is 0 Å². The molecule has 0 heterocycles. The van der Waals surface area contributed by atoms with Crippen molar-refractivity contribution >= 4 is 10.1 Å². The molecule has 224 valence electrons. The summed E-state index contributed by atoms with van der Waals surface area (Å²) in [7, 11) is -4.91. The summed E-state index contributed by atoms with van der Waals surface area (Å²) in [4.78, 5) is 0. The summed E-state index contributed by atoms with van der Waals surface area (Å²) in [6.07, 6.45) is 31.8. The zero-order chi connectivity index (χ0) is 27.5. The largest absolute Gasteiger partial charge is 1.00 e. The van der Waals surface area contributed by atoms with Crippen LogP contribution in [0.25, 0.3) is 0 Å². The van der Waals surface area contributed by atoms with Gasteiger partial charge in [-0.15, -0.1) is 0 Å². The number of alkyl halides is 1. The van der Waals surface area contributed by atoms with Crippen LogP contribution in [0.5, 0.6) is 0 Å². The molecule has 0 aliphatic rings. The van der Waals surface area contributed by atoms with Gasteiger partial charge >= 0.3 is 51.4 Å². The van der Waals surface area contributed by atoms with E-state index in [1.54, 1.807) is 0 Å². The molecule has 0 spiro atoms. The van der Waals surface area contributed by atoms with Crippen LogP contribution in [0.3, 0.4) is 0 Å². The normalized spacial score (nSPS) is 13.4. The second-order valence-corrected chi connectivity index (χ2v) is 13.3. The molecule has 3 nitrogen and oxygen atoms in total. The van der Waals surface area contributed by atoms with E-state index in [0.29, 0.717) is 12.8 Å². The molecule has 0 aromatic heterocycles. The van der Waals surface area contributed by atoms with Crippen molar-refractivity contribution in [3.8, 4) is 0 Å². The van der Waals surface area contributed by atoms with Gasteiger partial charge in [-0.05, 0) is 25.7 Å². The van der Waals surface area contributed by atoms with Crippen molar-refractivity contribution in [2.75, 3.05) is 0 Å². The predicted octanol–water partition coefficient (Wildman–Crippen LogP) is 8.55. The Balaban J connectivity index is 0.